The summed E-state index contributed by atoms with van der Waals surface area (Å²) in [6, 6.07) is 7.18. The molecule has 1 atom stereocenters. The van der Waals surface area contributed by atoms with Gasteiger partial charge in [-0.05, 0) is 31.0 Å². The van der Waals surface area contributed by atoms with E-state index in [9.17, 15) is 10.2 Å². The van der Waals surface area contributed by atoms with Crippen molar-refractivity contribution in [1.82, 2.24) is 0 Å². The lowest BCUT2D eigenvalue weighted by molar-refractivity contribution is 0.0405. The van der Waals surface area contributed by atoms with Crippen molar-refractivity contribution >= 4 is 11.6 Å². The highest BCUT2D eigenvalue weighted by molar-refractivity contribution is 6.30. The van der Waals surface area contributed by atoms with Gasteiger partial charge in [0, 0.05) is 17.5 Å². The Hall–Kier alpha value is -0.610. The standard InChI is InChI=1S/C13H19ClO3/c1-10(17-2)7-13(8-15,9-16)11-3-5-12(14)6-4-11/h3-6,10,15-16H,7-9H2,1-2H3. The van der Waals surface area contributed by atoms with E-state index in [1.54, 1.807) is 19.2 Å². The van der Waals surface area contributed by atoms with E-state index in [1.807, 2.05) is 19.1 Å². The molecule has 0 aliphatic carbocycles. The molecule has 1 rings (SSSR count). The van der Waals surface area contributed by atoms with E-state index in [0.29, 0.717) is 11.4 Å². The molecule has 0 radical (unpaired) electrons. The summed E-state index contributed by atoms with van der Waals surface area (Å²) >= 11 is 5.83. The van der Waals surface area contributed by atoms with Crippen LogP contribution in [0.25, 0.3) is 0 Å². The Morgan fingerprint density at radius 1 is 1.24 bits per heavy atom. The second-order valence-corrected chi connectivity index (χ2v) is 4.79. The molecule has 4 heteroatoms. The van der Waals surface area contributed by atoms with Gasteiger partial charge in [-0.25, -0.2) is 0 Å². The minimum Gasteiger partial charge on any atom is -0.395 e. The van der Waals surface area contributed by atoms with Crippen molar-refractivity contribution in [3.8, 4) is 0 Å². The average Bonchev–Trinajstić information content (AvgIpc) is 2.37. The largest absolute Gasteiger partial charge is 0.395 e. The summed E-state index contributed by atoms with van der Waals surface area (Å²) in [7, 11) is 1.62. The smallest absolute Gasteiger partial charge is 0.0553 e. The number of ether oxygens (including phenoxy) is 1. The van der Waals surface area contributed by atoms with E-state index >= 15 is 0 Å². The number of hydrogen-bond donors (Lipinski definition) is 2. The van der Waals surface area contributed by atoms with Gasteiger partial charge >= 0.3 is 0 Å². The highest BCUT2D eigenvalue weighted by Crippen LogP contribution is 2.30. The Morgan fingerprint density at radius 2 is 1.76 bits per heavy atom. The summed E-state index contributed by atoms with van der Waals surface area (Å²) in [5.74, 6) is 0. The molecule has 0 bridgehead atoms. The molecule has 0 heterocycles. The molecule has 2 N–H and O–H groups in total. The van der Waals surface area contributed by atoms with E-state index in [4.69, 9.17) is 16.3 Å². The van der Waals surface area contributed by atoms with Crippen molar-refractivity contribution < 1.29 is 14.9 Å². The summed E-state index contributed by atoms with van der Waals surface area (Å²) in [4.78, 5) is 0. The number of benzene rings is 1. The van der Waals surface area contributed by atoms with Crippen molar-refractivity contribution in [3.63, 3.8) is 0 Å². The third-order valence-corrected chi connectivity index (χ3v) is 3.39. The third kappa shape index (κ3) is 3.42. The van der Waals surface area contributed by atoms with Gasteiger partial charge in [-0.3, -0.25) is 0 Å². The molecule has 0 aliphatic rings. The molecule has 1 aromatic rings. The van der Waals surface area contributed by atoms with Gasteiger partial charge in [0.05, 0.1) is 19.3 Å². The Balaban J connectivity index is 3.01. The van der Waals surface area contributed by atoms with Gasteiger partial charge in [-0.2, -0.15) is 0 Å². The lowest BCUT2D eigenvalue weighted by Crippen LogP contribution is -2.38. The normalized spacial score (nSPS) is 13.7. The van der Waals surface area contributed by atoms with Gasteiger partial charge < -0.3 is 14.9 Å². The van der Waals surface area contributed by atoms with Gasteiger partial charge in [-0.1, -0.05) is 23.7 Å². The minimum atomic E-state index is -0.681. The zero-order valence-electron chi connectivity index (χ0n) is 10.2. The lowest BCUT2D eigenvalue weighted by atomic mass is 9.77. The molecule has 0 amide bonds. The fraction of sp³-hybridized carbons (Fsp3) is 0.538. The van der Waals surface area contributed by atoms with Gasteiger partial charge in [0.15, 0.2) is 0 Å². The van der Waals surface area contributed by atoms with Crippen LogP contribution in [-0.2, 0) is 10.2 Å². The van der Waals surface area contributed by atoms with Crippen molar-refractivity contribution in [2.45, 2.75) is 24.9 Å². The van der Waals surface area contributed by atoms with Crippen LogP contribution in [0.15, 0.2) is 24.3 Å². The van der Waals surface area contributed by atoms with E-state index in [2.05, 4.69) is 0 Å². The molecule has 1 aromatic carbocycles. The molecule has 3 nitrogen and oxygen atoms in total. The van der Waals surface area contributed by atoms with Crippen LogP contribution >= 0.6 is 11.6 Å². The quantitative estimate of drug-likeness (QED) is 0.821. The van der Waals surface area contributed by atoms with Crippen LogP contribution in [0.5, 0.6) is 0 Å². The first-order valence-corrected chi connectivity index (χ1v) is 5.96. The molecule has 0 aliphatic heterocycles. The zero-order valence-corrected chi connectivity index (χ0v) is 10.9. The van der Waals surface area contributed by atoms with Crippen LogP contribution in [0.1, 0.15) is 18.9 Å². The van der Waals surface area contributed by atoms with Gasteiger partial charge in [0.1, 0.15) is 0 Å². The average molecular weight is 259 g/mol. The van der Waals surface area contributed by atoms with Crippen molar-refractivity contribution in [1.29, 1.82) is 0 Å². The van der Waals surface area contributed by atoms with Crippen LogP contribution in [0.2, 0.25) is 5.02 Å². The second kappa shape index (κ2) is 6.36. The van der Waals surface area contributed by atoms with E-state index < -0.39 is 5.41 Å². The Morgan fingerprint density at radius 3 is 2.18 bits per heavy atom. The lowest BCUT2D eigenvalue weighted by Gasteiger charge is -2.32. The molecule has 17 heavy (non-hydrogen) atoms. The SMILES string of the molecule is COC(C)CC(CO)(CO)c1ccc(Cl)cc1. The number of aliphatic hydroxyl groups excluding tert-OH is 2. The Bertz CT molecular complexity index is 333. The molecular formula is C13H19ClO3. The topological polar surface area (TPSA) is 49.7 Å². The number of aliphatic hydroxyl groups is 2. The fourth-order valence-corrected chi connectivity index (χ4v) is 2.04. The Labute approximate surface area is 107 Å². The zero-order chi connectivity index (χ0) is 12.9. The van der Waals surface area contributed by atoms with Crippen LogP contribution < -0.4 is 0 Å². The number of methoxy groups -OCH3 is 1. The number of halogens is 1. The summed E-state index contributed by atoms with van der Waals surface area (Å²) in [6.07, 6.45) is 0.517. The van der Waals surface area contributed by atoms with Gasteiger partial charge in [0.2, 0.25) is 0 Å². The van der Waals surface area contributed by atoms with Gasteiger partial charge in [-0.15, -0.1) is 0 Å². The molecule has 0 saturated carbocycles. The summed E-state index contributed by atoms with van der Waals surface area (Å²) in [5.41, 5.74) is 0.191. The molecule has 0 fully saturated rings. The number of rotatable bonds is 6. The first-order chi connectivity index (χ1) is 8.07. The van der Waals surface area contributed by atoms with Crippen LogP contribution in [0, 0.1) is 0 Å². The van der Waals surface area contributed by atoms with Gasteiger partial charge in [0.25, 0.3) is 0 Å². The number of hydrogen-bond acceptors (Lipinski definition) is 3. The van der Waals surface area contributed by atoms with E-state index in [1.165, 1.54) is 0 Å². The van der Waals surface area contributed by atoms with Crippen LogP contribution in [0.4, 0.5) is 0 Å². The highest BCUT2D eigenvalue weighted by atomic mass is 35.5. The summed E-state index contributed by atoms with van der Waals surface area (Å²) in [5, 5.41) is 19.8. The van der Waals surface area contributed by atoms with Crippen LogP contribution in [-0.4, -0.2) is 36.6 Å². The predicted octanol–water partition coefficient (Wildman–Crippen LogP) is 1.99. The fourth-order valence-electron chi connectivity index (χ4n) is 1.92. The van der Waals surface area contributed by atoms with Crippen LogP contribution in [0.3, 0.4) is 0 Å². The van der Waals surface area contributed by atoms with Crippen molar-refractivity contribution in [3.05, 3.63) is 34.9 Å². The maximum atomic E-state index is 9.60. The second-order valence-electron chi connectivity index (χ2n) is 4.35. The van der Waals surface area contributed by atoms with E-state index in [0.717, 1.165) is 5.56 Å². The summed E-state index contributed by atoms with van der Waals surface area (Å²) in [6.45, 7) is 1.66. The highest BCUT2D eigenvalue weighted by Gasteiger charge is 2.32. The molecule has 0 aromatic heterocycles. The first-order valence-electron chi connectivity index (χ1n) is 5.58. The monoisotopic (exact) mass is 258 g/mol. The Kier molecular flexibility index (Phi) is 5.40. The predicted molar refractivity (Wildman–Crippen MR) is 68.4 cm³/mol. The molecule has 1 unspecified atom stereocenters. The maximum absolute atomic E-state index is 9.60. The van der Waals surface area contributed by atoms with Crippen molar-refractivity contribution in [2.24, 2.45) is 0 Å². The molecule has 96 valence electrons. The molecular weight excluding hydrogens is 240 g/mol. The molecule has 0 saturated heterocycles. The third-order valence-electron chi connectivity index (χ3n) is 3.14. The van der Waals surface area contributed by atoms with Crippen molar-refractivity contribution in [2.75, 3.05) is 20.3 Å². The summed E-state index contributed by atoms with van der Waals surface area (Å²) < 4.78 is 5.21. The minimum absolute atomic E-state index is 0.0371. The van der Waals surface area contributed by atoms with E-state index in [-0.39, 0.29) is 19.3 Å². The first kappa shape index (κ1) is 14.5. The molecule has 0 spiro atoms. The maximum Gasteiger partial charge on any atom is 0.0553 e.